The summed E-state index contributed by atoms with van der Waals surface area (Å²) in [5, 5.41) is 17.2. The van der Waals surface area contributed by atoms with Gasteiger partial charge >= 0.3 is 0 Å². The molecule has 1 saturated heterocycles. The van der Waals surface area contributed by atoms with Crippen LogP contribution in [-0.2, 0) is 6.61 Å². The first-order chi connectivity index (χ1) is 12.0. The van der Waals surface area contributed by atoms with Gasteiger partial charge in [0.15, 0.2) is 17.3 Å². The van der Waals surface area contributed by atoms with Crippen molar-refractivity contribution >= 4 is 5.91 Å². The van der Waals surface area contributed by atoms with Crippen molar-refractivity contribution in [1.82, 2.24) is 15.1 Å². The van der Waals surface area contributed by atoms with E-state index < -0.39 is 11.4 Å². The van der Waals surface area contributed by atoms with Gasteiger partial charge in [-0.15, -0.1) is 0 Å². The molecule has 0 radical (unpaired) electrons. The topological polar surface area (TPSA) is 78.5 Å². The van der Waals surface area contributed by atoms with Crippen molar-refractivity contribution in [3.05, 3.63) is 47.5 Å². The maximum atomic E-state index is 13.5. The number of hydrogen-bond donors (Lipinski definition) is 2. The standard InChI is InChI=1S/C18H22FN3O3/c1-2-18(24)8-5-9-22(12-18)17(23)15-10-13(20-21-15)11-25-16-7-4-3-6-14(16)19/h3-4,6-7,10,24H,2,5,8-9,11-12H2,1H3,(H,20,21)/t18-/m0/s1. The number of likely N-dealkylation sites (tertiary alicyclic amines) is 1. The normalized spacial score (nSPS) is 20.5. The number of carbonyl (C=O) groups is 1. The molecule has 1 aromatic heterocycles. The van der Waals surface area contributed by atoms with Gasteiger partial charge in [-0.3, -0.25) is 9.89 Å². The Morgan fingerprint density at radius 1 is 1.48 bits per heavy atom. The predicted octanol–water partition coefficient (Wildman–Crippen LogP) is 2.50. The summed E-state index contributed by atoms with van der Waals surface area (Å²) in [5.74, 6) is -0.514. The first-order valence-corrected chi connectivity index (χ1v) is 8.44. The van der Waals surface area contributed by atoms with Gasteiger partial charge in [-0.2, -0.15) is 5.10 Å². The van der Waals surface area contributed by atoms with Crippen molar-refractivity contribution in [1.29, 1.82) is 0 Å². The Balaban J connectivity index is 1.63. The van der Waals surface area contributed by atoms with E-state index in [-0.39, 0.29) is 24.0 Å². The number of amides is 1. The second-order valence-corrected chi connectivity index (χ2v) is 6.41. The van der Waals surface area contributed by atoms with Gasteiger partial charge in [-0.1, -0.05) is 19.1 Å². The van der Waals surface area contributed by atoms with E-state index >= 15 is 0 Å². The summed E-state index contributed by atoms with van der Waals surface area (Å²) < 4.78 is 18.9. The van der Waals surface area contributed by atoms with Crippen LogP contribution in [0.15, 0.2) is 30.3 Å². The molecule has 25 heavy (non-hydrogen) atoms. The number of hydrogen-bond acceptors (Lipinski definition) is 4. The van der Waals surface area contributed by atoms with E-state index in [0.717, 1.165) is 6.42 Å². The molecule has 0 bridgehead atoms. The van der Waals surface area contributed by atoms with E-state index in [2.05, 4.69) is 10.2 Å². The van der Waals surface area contributed by atoms with Crippen LogP contribution in [0.2, 0.25) is 0 Å². The number of piperidine rings is 1. The van der Waals surface area contributed by atoms with Gasteiger partial charge in [0.05, 0.1) is 11.3 Å². The van der Waals surface area contributed by atoms with E-state index in [1.807, 2.05) is 6.92 Å². The molecule has 1 atom stereocenters. The molecule has 2 N–H and O–H groups in total. The number of β-amino-alcohol motifs (C(OH)–C–C–N with tert-alkyl or cyclic N) is 1. The minimum atomic E-state index is -0.818. The zero-order valence-electron chi connectivity index (χ0n) is 14.2. The molecule has 2 heterocycles. The number of aromatic amines is 1. The molecule has 1 fully saturated rings. The number of ether oxygens (including phenoxy) is 1. The number of nitrogens with zero attached hydrogens (tertiary/aromatic N) is 2. The van der Waals surface area contributed by atoms with Crippen molar-refractivity contribution < 1.29 is 19.0 Å². The summed E-state index contributed by atoms with van der Waals surface area (Å²) in [6.07, 6.45) is 2.08. The lowest BCUT2D eigenvalue weighted by molar-refractivity contribution is -0.0271. The van der Waals surface area contributed by atoms with Crippen molar-refractivity contribution in [3.63, 3.8) is 0 Å². The Labute approximate surface area is 145 Å². The molecule has 1 amide bonds. The second kappa shape index (κ2) is 7.23. The third-order valence-corrected chi connectivity index (χ3v) is 4.57. The largest absolute Gasteiger partial charge is 0.484 e. The molecule has 6 nitrogen and oxygen atoms in total. The average molecular weight is 347 g/mol. The maximum Gasteiger partial charge on any atom is 0.274 e. The van der Waals surface area contributed by atoms with E-state index in [1.165, 1.54) is 12.1 Å². The number of H-pyrrole nitrogens is 1. The number of carbonyl (C=O) groups excluding carboxylic acids is 1. The van der Waals surface area contributed by atoms with Crippen LogP contribution in [0.1, 0.15) is 42.4 Å². The van der Waals surface area contributed by atoms with Crippen molar-refractivity contribution in [2.75, 3.05) is 13.1 Å². The van der Waals surface area contributed by atoms with E-state index in [0.29, 0.717) is 31.6 Å². The van der Waals surface area contributed by atoms with E-state index in [9.17, 15) is 14.3 Å². The zero-order chi connectivity index (χ0) is 17.9. The number of benzene rings is 1. The maximum absolute atomic E-state index is 13.5. The van der Waals surface area contributed by atoms with Gasteiger partial charge in [0.1, 0.15) is 6.61 Å². The molecular weight excluding hydrogens is 325 g/mol. The molecule has 134 valence electrons. The van der Waals surface area contributed by atoms with Crippen molar-refractivity contribution in [3.8, 4) is 5.75 Å². The number of aliphatic hydroxyl groups is 1. The van der Waals surface area contributed by atoms with Crippen molar-refractivity contribution in [2.45, 2.75) is 38.4 Å². The number of nitrogens with one attached hydrogen (secondary N) is 1. The van der Waals surface area contributed by atoms with E-state index in [4.69, 9.17) is 4.74 Å². The van der Waals surface area contributed by atoms with Crippen LogP contribution in [0.25, 0.3) is 0 Å². The fraction of sp³-hybridized carbons (Fsp3) is 0.444. The highest BCUT2D eigenvalue weighted by molar-refractivity contribution is 5.92. The highest BCUT2D eigenvalue weighted by Crippen LogP contribution is 2.25. The molecule has 1 aromatic carbocycles. The van der Waals surface area contributed by atoms with Crippen LogP contribution in [0.3, 0.4) is 0 Å². The molecule has 2 aromatic rings. The molecule has 1 aliphatic heterocycles. The van der Waals surface area contributed by atoms with Gasteiger partial charge in [0.2, 0.25) is 0 Å². The summed E-state index contributed by atoms with van der Waals surface area (Å²) in [5.41, 5.74) is 0.0305. The third kappa shape index (κ3) is 3.99. The third-order valence-electron chi connectivity index (χ3n) is 4.57. The lowest BCUT2D eigenvalue weighted by Gasteiger charge is -2.38. The number of rotatable bonds is 5. The lowest BCUT2D eigenvalue weighted by atomic mass is 9.90. The van der Waals surface area contributed by atoms with Gasteiger partial charge in [0.25, 0.3) is 5.91 Å². The van der Waals surface area contributed by atoms with E-state index in [1.54, 1.807) is 23.1 Å². The fourth-order valence-corrected chi connectivity index (χ4v) is 3.00. The van der Waals surface area contributed by atoms with Gasteiger partial charge in [-0.25, -0.2) is 4.39 Å². The highest BCUT2D eigenvalue weighted by atomic mass is 19.1. The van der Waals surface area contributed by atoms with Crippen LogP contribution in [-0.4, -0.2) is 44.8 Å². The van der Waals surface area contributed by atoms with Crippen molar-refractivity contribution in [2.24, 2.45) is 0 Å². The molecule has 1 aliphatic rings. The van der Waals surface area contributed by atoms with Crippen LogP contribution < -0.4 is 4.74 Å². The van der Waals surface area contributed by atoms with Gasteiger partial charge in [0, 0.05) is 13.1 Å². The Morgan fingerprint density at radius 2 is 2.28 bits per heavy atom. The summed E-state index contributed by atoms with van der Waals surface area (Å²) >= 11 is 0. The predicted molar refractivity (Wildman–Crippen MR) is 89.7 cm³/mol. The fourth-order valence-electron chi connectivity index (χ4n) is 3.00. The van der Waals surface area contributed by atoms with Crippen LogP contribution in [0.5, 0.6) is 5.75 Å². The molecule has 0 spiro atoms. The summed E-state index contributed by atoms with van der Waals surface area (Å²) in [7, 11) is 0. The van der Waals surface area contributed by atoms with Gasteiger partial charge in [-0.05, 0) is 37.5 Å². The molecular formula is C18H22FN3O3. The second-order valence-electron chi connectivity index (χ2n) is 6.41. The summed E-state index contributed by atoms with van der Waals surface area (Å²) in [4.78, 5) is 14.2. The van der Waals surface area contributed by atoms with Crippen LogP contribution >= 0.6 is 0 Å². The lowest BCUT2D eigenvalue weighted by Crippen LogP contribution is -2.50. The molecule has 0 aliphatic carbocycles. The minimum Gasteiger partial charge on any atom is -0.484 e. The SMILES string of the molecule is CC[C@]1(O)CCCN(C(=O)c2cc(COc3ccccc3F)[nH]n2)C1. The molecule has 7 heteroatoms. The Bertz CT molecular complexity index is 749. The monoisotopic (exact) mass is 347 g/mol. The number of halogens is 1. The molecule has 3 rings (SSSR count). The van der Waals surface area contributed by atoms with Crippen LogP contribution in [0.4, 0.5) is 4.39 Å². The molecule has 0 unspecified atom stereocenters. The van der Waals surface area contributed by atoms with Crippen LogP contribution in [0, 0.1) is 5.82 Å². The first kappa shape index (κ1) is 17.4. The average Bonchev–Trinajstić information content (AvgIpc) is 3.09. The summed E-state index contributed by atoms with van der Waals surface area (Å²) in [6.45, 7) is 2.92. The Morgan fingerprint density at radius 3 is 3.04 bits per heavy atom. The first-order valence-electron chi connectivity index (χ1n) is 8.44. The Hall–Kier alpha value is -2.41. The smallest absolute Gasteiger partial charge is 0.274 e. The zero-order valence-corrected chi connectivity index (χ0v) is 14.2. The minimum absolute atomic E-state index is 0.0834. The molecule has 0 saturated carbocycles. The quantitative estimate of drug-likeness (QED) is 0.871. The van der Waals surface area contributed by atoms with Gasteiger partial charge < -0.3 is 14.7 Å². The highest BCUT2D eigenvalue weighted by Gasteiger charge is 2.34. The number of aromatic nitrogens is 2. The number of para-hydroxylation sites is 1. The Kier molecular flexibility index (Phi) is 5.03. The summed E-state index contributed by atoms with van der Waals surface area (Å²) in [6, 6.07) is 7.74.